The zero-order valence-electron chi connectivity index (χ0n) is 9.24. The highest BCUT2D eigenvalue weighted by Gasteiger charge is 2.44. The molecule has 1 aliphatic rings. The fraction of sp³-hybridized carbons (Fsp3) is 0.500. The summed E-state index contributed by atoms with van der Waals surface area (Å²) in [5, 5.41) is 11.0. The van der Waals surface area contributed by atoms with Crippen molar-refractivity contribution in [1.82, 2.24) is 0 Å². The molecule has 0 amide bonds. The van der Waals surface area contributed by atoms with Crippen molar-refractivity contribution in [2.45, 2.75) is 18.4 Å². The summed E-state index contributed by atoms with van der Waals surface area (Å²) in [6.07, 6.45) is 2.05. The fourth-order valence-corrected chi connectivity index (χ4v) is 2.27. The van der Waals surface area contributed by atoms with E-state index < -0.39 is 5.60 Å². The molecule has 1 unspecified atom stereocenters. The maximum atomic E-state index is 10.5. The zero-order chi connectivity index (χ0) is 11.8. The largest absolute Gasteiger partial charge is 0.495 e. The molecule has 0 bridgehead atoms. The predicted molar refractivity (Wildman–Crippen MR) is 63.7 cm³/mol. The average molecular weight is 242 g/mol. The summed E-state index contributed by atoms with van der Waals surface area (Å²) < 4.78 is 5.08. The first-order chi connectivity index (χ1) is 7.61. The van der Waals surface area contributed by atoms with Gasteiger partial charge >= 0.3 is 0 Å². The van der Waals surface area contributed by atoms with Crippen LogP contribution in [0.3, 0.4) is 0 Å². The SMILES string of the molecule is COc1ccc(C(O)(CN)C2CC2)cc1Cl. The quantitative estimate of drug-likeness (QED) is 0.847. The summed E-state index contributed by atoms with van der Waals surface area (Å²) in [6, 6.07) is 5.34. The molecule has 88 valence electrons. The molecule has 2 rings (SSSR count). The number of rotatable bonds is 4. The van der Waals surface area contributed by atoms with E-state index >= 15 is 0 Å². The van der Waals surface area contributed by atoms with Gasteiger partial charge in [0, 0.05) is 6.54 Å². The van der Waals surface area contributed by atoms with Crippen LogP contribution >= 0.6 is 11.6 Å². The number of hydrogen-bond donors (Lipinski definition) is 2. The van der Waals surface area contributed by atoms with Crippen molar-refractivity contribution in [3.05, 3.63) is 28.8 Å². The third kappa shape index (κ3) is 1.90. The van der Waals surface area contributed by atoms with E-state index in [-0.39, 0.29) is 12.5 Å². The topological polar surface area (TPSA) is 55.5 Å². The van der Waals surface area contributed by atoms with E-state index in [1.165, 1.54) is 0 Å². The number of benzene rings is 1. The highest BCUT2D eigenvalue weighted by atomic mass is 35.5. The van der Waals surface area contributed by atoms with Gasteiger partial charge in [-0.1, -0.05) is 17.7 Å². The Morgan fingerprint density at radius 3 is 2.69 bits per heavy atom. The molecule has 4 heteroatoms. The molecule has 0 spiro atoms. The fourth-order valence-electron chi connectivity index (χ4n) is 2.02. The Kier molecular flexibility index (Phi) is 3.10. The van der Waals surface area contributed by atoms with Crippen molar-refractivity contribution in [2.75, 3.05) is 13.7 Å². The van der Waals surface area contributed by atoms with Crippen LogP contribution in [0.5, 0.6) is 5.75 Å². The molecule has 1 fully saturated rings. The van der Waals surface area contributed by atoms with Crippen molar-refractivity contribution < 1.29 is 9.84 Å². The van der Waals surface area contributed by atoms with Gasteiger partial charge in [-0.25, -0.2) is 0 Å². The van der Waals surface area contributed by atoms with E-state index in [1.807, 2.05) is 6.07 Å². The molecule has 3 N–H and O–H groups in total. The maximum Gasteiger partial charge on any atom is 0.137 e. The monoisotopic (exact) mass is 241 g/mol. The summed E-state index contributed by atoms with van der Waals surface area (Å²) in [5.41, 5.74) is 5.52. The molecule has 1 atom stereocenters. The molecule has 16 heavy (non-hydrogen) atoms. The maximum absolute atomic E-state index is 10.5. The average Bonchev–Trinajstić information content (AvgIpc) is 3.12. The van der Waals surface area contributed by atoms with Crippen LogP contribution < -0.4 is 10.5 Å². The highest BCUT2D eigenvalue weighted by molar-refractivity contribution is 6.32. The third-order valence-corrected chi connectivity index (χ3v) is 3.51. The van der Waals surface area contributed by atoms with Gasteiger partial charge in [-0.05, 0) is 36.5 Å². The molecular formula is C12H16ClNO2. The van der Waals surface area contributed by atoms with Gasteiger partial charge in [-0.2, -0.15) is 0 Å². The van der Waals surface area contributed by atoms with Crippen molar-refractivity contribution in [2.24, 2.45) is 11.7 Å². The Bertz CT molecular complexity index is 393. The zero-order valence-corrected chi connectivity index (χ0v) is 10.00. The molecule has 3 nitrogen and oxygen atoms in total. The van der Waals surface area contributed by atoms with Crippen LogP contribution in [0.15, 0.2) is 18.2 Å². The molecule has 1 aromatic carbocycles. The van der Waals surface area contributed by atoms with Crippen molar-refractivity contribution in [1.29, 1.82) is 0 Å². The minimum Gasteiger partial charge on any atom is -0.495 e. The number of halogens is 1. The van der Waals surface area contributed by atoms with Crippen LogP contribution in [0.1, 0.15) is 18.4 Å². The third-order valence-electron chi connectivity index (χ3n) is 3.22. The van der Waals surface area contributed by atoms with Crippen molar-refractivity contribution in [3.63, 3.8) is 0 Å². The number of aliphatic hydroxyl groups is 1. The molecule has 1 aromatic rings. The summed E-state index contributed by atoms with van der Waals surface area (Å²) in [7, 11) is 1.57. The lowest BCUT2D eigenvalue weighted by Gasteiger charge is -2.27. The molecular weight excluding hydrogens is 226 g/mol. The first kappa shape index (κ1) is 11.7. The second-order valence-corrected chi connectivity index (χ2v) is 4.66. The van der Waals surface area contributed by atoms with Crippen LogP contribution in [0.2, 0.25) is 5.02 Å². The minimum atomic E-state index is -0.935. The number of nitrogens with two attached hydrogens (primary N) is 1. The summed E-state index contributed by atoms with van der Waals surface area (Å²) in [4.78, 5) is 0. The Hall–Kier alpha value is -0.770. The molecule has 0 radical (unpaired) electrons. The number of methoxy groups -OCH3 is 1. The van der Waals surface area contributed by atoms with E-state index in [0.29, 0.717) is 10.8 Å². The Morgan fingerprint density at radius 1 is 1.56 bits per heavy atom. The molecule has 1 saturated carbocycles. The van der Waals surface area contributed by atoms with Crippen molar-refractivity contribution >= 4 is 11.6 Å². The Morgan fingerprint density at radius 2 is 2.25 bits per heavy atom. The first-order valence-corrected chi connectivity index (χ1v) is 5.76. The lowest BCUT2D eigenvalue weighted by molar-refractivity contribution is 0.0222. The molecule has 0 aromatic heterocycles. The van der Waals surface area contributed by atoms with Gasteiger partial charge in [-0.15, -0.1) is 0 Å². The standard InChI is InChI=1S/C12H16ClNO2/c1-16-11-5-4-9(6-10(11)13)12(15,7-14)8-2-3-8/h4-6,8,15H,2-3,7,14H2,1H3. The van der Waals surface area contributed by atoms with Gasteiger partial charge in [0.2, 0.25) is 0 Å². The first-order valence-electron chi connectivity index (χ1n) is 5.38. The summed E-state index contributed by atoms with van der Waals surface area (Å²) in [5.74, 6) is 0.877. The van der Waals surface area contributed by atoms with E-state index in [2.05, 4.69) is 0 Å². The Balaban J connectivity index is 2.35. The van der Waals surface area contributed by atoms with Gasteiger partial charge in [0.15, 0.2) is 0 Å². The lowest BCUT2D eigenvalue weighted by atomic mass is 9.89. The van der Waals surface area contributed by atoms with E-state index in [4.69, 9.17) is 22.1 Å². The number of ether oxygens (including phenoxy) is 1. The van der Waals surface area contributed by atoms with Gasteiger partial charge < -0.3 is 15.6 Å². The summed E-state index contributed by atoms with van der Waals surface area (Å²) in [6.45, 7) is 0.223. The number of hydrogen-bond acceptors (Lipinski definition) is 3. The highest BCUT2D eigenvalue weighted by Crippen LogP contribution is 2.46. The molecule has 0 heterocycles. The predicted octanol–water partition coefficient (Wildman–Crippen LogP) is 1.90. The summed E-state index contributed by atoms with van der Waals surface area (Å²) >= 11 is 6.04. The smallest absolute Gasteiger partial charge is 0.137 e. The van der Waals surface area contributed by atoms with E-state index in [0.717, 1.165) is 18.4 Å². The van der Waals surface area contributed by atoms with E-state index in [1.54, 1.807) is 19.2 Å². The second kappa shape index (κ2) is 4.24. The van der Waals surface area contributed by atoms with Crippen LogP contribution in [0.4, 0.5) is 0 Å². The Labute approximate surface area is 100 Å². The lowest BCUT2D eigenvalue weighted by Crippen LogP contribution is -2.37. The van der Waals surface area contributed by atoms with Gasteiger partial charge in [0.1, 0.15) is 11.4 Å². The van der Waals surface area contributed by atoms with Crippen LogP contribution in [-0.4, -0.2) is 18.8 Å². The van der Waals surface area contributed by atoms with Gasteiger partial charge in [0.05, 0.1) is 12.1 Å². The second-order valence-electron chi connectivity index (χ2n) is 4.25. The van der Waals surface area contributed by atoms with Gasteiger partial charge in [-0.3, -0.25) is 0 Å². The molecule has 0 saturated heterocycles. The van der Waals surface area contributed by atoms with Crippen LogP contribution in [-0.2, 0) is 5.60 Å². The molecule has 1 aliphatic carbocycles. The minimum absolute atomic E-state index is 0.223. The van der Waals surface area contributed by atoms with E-state index in [9.17, 15) is 5.11 Å². The normalized spacial score (nSPS) is 19.2. The van der Waals surface area contributed by atoms with Crippen LogP contribution in [0.25, 0.3) is 0 Å². The molecule has 0 aliphatic heterocycles. The van der Waals surface area contributed by atoms with Crippen molar-refractivity contribution in [3.8, 4) is 5.75 Å². The van der Waals surface area contributed by atoms with Gasteiger partial charge in [0.25, 0.3) is 0 Å². The van der Waals surface area contributed by atoms with Crippen LogP contribution in [0, 0.1) is 5.92 Å².